The van der Waals surface area contributed by atoms with Crippen LogP contribution in [0.5, 0.6) is 0 Å². The largest absolute Gasteiger partial charge is 0.478 e. The lowest BCUT2D eigenvalue weighted by molar-refractivity contribution is 0.0696. The number of aromatic carboxylic acids is 1. The molecular formula is C21H12BClN2O3. The molecule has 28 heavy (non-hydrogen) atoms. The molecule has 7 heteroatoms. The summed E-state index contributed by atoms with van der Waals surface area (Å²) in [5.41, 5.74) is 2.48. The van der Waals surface area contributed by atoms with Gasteiger partial charge in [-0.15, -0.1) is 0 Å². The van der Waals surface area contributed by atoms with E-state index in [9.17, 15) is 9.59 Å². The average Bonchev–Trinajstić information content (AvgIpc) is 3.07. The zero-order valence-corrected chi connectivity index (χ0v) is 15.2. The number of hydrogen-bond acceptors (Lipinski definition) is 3. The Kier molecular flexibility index (Phi) is 4.49. The van der Waals surface area contributed by atoms with Crippen LogP contribution in [-0.4, -0.2) is 34.6 Å². The van der Waals surface area contributed by atoms with Gasteiger partial charge in [-0.2, -0.15) is 9.78 Å². The van der Waals surface area contributed by atoms with Gasteiger partial charge in [-0.3, -0.25) is 4.79 Å². The summed E-state index contributed by atoms with van der Waals surface area (Å²) < 4.78 is 1.27. The molecule has 5 nitrogen and oxygen atoms in total. The molecule has 0 aliphatic heterocycles. The summed E-state index contributed by atoms with van der Waals surface area (Å²) in [6, 6.07) is 18.5. The minimum absolute atomic E-state index is 0.174. The predicted octanol–water partition coefficient (Wildman–Crippen LogP) is 3.54. The molecule has 134 valence electrons. The summed E-state index contributed by atoms with van der Waals surface area (Å²) in [5.74, 6) is -1.45. The van der Waals surface area contributed by atoms with E-state index in [0.717, 1.165) is 5.39 Å². The van der Waals surface area contributed by atoms with Crippen molar-refractivity contribution in [2.24, 2.45) is 0 Å². The molecule has 0 bridgehead atoms. The number of aromatic nitrogens is 2. The van der Waals surface area contributed by atoms with Gasteiger partial charge in [-0.25, -0.2) is 4.79 Å². The second-order valence-electron chi connectivity index (χ2n) is 6.17. The van der Waals surface area contributed by atoms with Crippen molar-refractivity contribution < 1.29 is 14.7 Å². The van der Waals surface area contributed by atoms with Gasteiger partial charge in [0.25, 0.3) is 5.91 Å². The van der Waals surface area contributed by atoms with Crippen molar-refractivity contribution in [1.82, 2.24) is 9.78 Å². The van der Waals surface area contributed by atoms with Gasteiger partial charge >= 0.3 is 5.97 Å². The van der Waals surface area contributed by atoms with Gasteiger partial charge in [0.2, 0.25) is 0 Å². The minimum atomic E-state index is -1.01. The van der Waals surface area contributed by atoms with Crippen LogP contribution in [0.2, 0.25) is 5.02 Å². The second kappa shape index (κ2) is 6.98. The molecule has 0 atom stereocenters. The number of carboxylic acids is 1. The standard InChI is InChI=1S/C21H12BClN2O3/c22-15-5-3-6-16(23)18(15)20(26)25-17-7-2-1-4-14(17)19(24-25)12-8-10-13(11-9-12)21(27)28/h1-11H,(H,27,28). The fraction of sp³-hybridized carbons (Fsp3) is 0. The number of hydrogen-bond donors (Lipinski definition) is 1. The van der Waals surface area contributed by atoms with E-state index in [-0.39, 0.29) is 21.6 Å². The number of carbonyl (C=O) groups excluding carboxylic acids is 1. The molecule has 0 aliphatic carbocycles. The Bertz CT molecular complexity index is 1210. The van der Waals surface area contributed by atoms with Crippen LogP contribution in [0.3, 0.4) is 0 Å². The highest BCUT2D eigenvalue weighted by Gasteiger charge is 2.21. The van der Waals surface area contributed by atoms with Crippen LogP contribution < -0.4 is 5.46 Å². The molecule has 0 saturated heterocycles. The van der Waals surface area contributed by atoms with Crippen LogP contribution in [0.1, 0.15) is 20.7 Å². The predicted molar refractivity (Wildman–Crippen MR) is 109 cm³/mol. The fourth-order valence-electron chi connectivity index (χ4n) is 3.08. The van der Waals surface area contributed by atoms with Gasteiger partial charge in [0.05, 0.1) is 21.7 Å². The lowest BCUT2D eigenvalue weighted by atomic mass is 9.90. The van der Waals surface area contributed by atoms with Crippen molar-refractivity contribution in [1.29, 1.82) is 0 Å². The maximum Gasteiger partial charge on any atom is 0.335 e. The van der Waals surface area contributed by atoms with Crippen LogP contribution >= 0.6 is 11.6 Å². The van der Waals surface area contributed by atoms with E-state index in [1.807, 2.05) is 12.1 Å². The highest BCUT2D eigenvalue weighted by Crippen LogP contribution is 2.29. The number of benzene rings is 3. The third kappa shape index (κ3) is 2.98. The van der Waals surface area contributed by atoms with E-state index in [1.165, 1.54) is 16.8 Å². The molecule has 0 aliphatic rings. The lowest BCUT2D eigenvalue weighted by Crippen LogP contribution is -2.23. The molecule has 1 aromatic heterocycles. The first-order valence-corrected chi connectivity index (χ1v) is 8.75. The summed E-state index contributed by atoms with van der Waals surface area (Å²) in [4.78, 5) is 24.2. The first-order valence-electron chi connectivity index (χ1n) is 8.37. The Morgan fingerprint density at radius 1 is 0.964 bits per heavy atom. The topological polar surface area (TPSA) is 72.2 Å². The summed E-state index contributed by atoms with van der Waals surface area (Å²) in [7, 11) is 5.96. The Hall–Kier alpha value is -3.38. The number of rotatable bonds is 3. The summed E-state index contributed by atoms with van der Waals surface area (Å²) in [6.07, 6.45) is 0. The van der Waals surface area contributed by atoms with Gasteiger partial charge in [0.15, 0.2) is 0 Å². The second-order valence-corrected chi connectivity index (χ2v) is 6.58. The van der Waals surface area contributed by atoms with Crippen LogP contribution in [0, 0.1) is 0 Å². The summed E-state index contributed by atoms with van der Waals surface area (Å²) in [6.45, 7) is 0. The van der Waals surface area contributed by atoms with Crippen molar-refractivity contribution in [3.63, 3.8) is 0 Å². The normalized spacial score (nSPS) is 10.9. The van der Waals surface area contributed by atoms with Gasteiger partial charge < -0.3 is 5.11 Å². The Morgan fingerprint density at radius 2 is 1.68 bits per heavy atom. The van der Waals surface area contributed by atoms with E-state index in [2.05, 4.69) is 5.10 Å². The zero-order valence-electron chi connectivity index (χ0n) is 14.5. The molecule has 0 fully saturated rings. The smallest absolute Gasteiger partial charge is 0.335 e. The van der Waals surface area contributed by atoms with Gasteiger partial charge in [0.1, 0.15) is 13.5 Å². The Labute approximate surface area is 166 Å². The molecule has 2 radical (unpaired) electrons. The average molecular weight is 387 g/mol. The van der Waals surface area contributed by atoms with Crippen LogP contribution in [0.4, 0.5) is 0 Å². The number of nitrogens with zero attached hydrogens (tertiary/aromatic N) is 2. The summed E-state index contributed by atoms with van der Waals surface area (Å²) >= 11 is 6.20. The molecule has 0 unspecified atom stereocenters. The molecule has 0 amide bonds. The molecule has 4 rings (SSSR count). The van der Waals surface area contributed by atoms with E-state index >= 15 is 0 Å². The third-order valence-corrected chi connectivity index (χ3v) is 4.76. The van der Waals surface area contributed by atoms with Crippen molar-refractivity contribution >= 4 is 47.7 Å². The highest BCUT2D eigenvalue weighted by atomic mass is 35.5. The van der Waals surface area contributed by atoms with Gasteiger partial charge in [-0.05, 0) is 24.3 Å². The number of para-hydroxylation sites is 1. The maximum absolute atomic E-state index is 13.1. The maximum atomic E-state index is 13.1. The number of halogens is 1. The summed E-state index contributed by atoms with van der Waals surface area (Å²) in [5, 5.41) is 14.6. The fourth-order valence-corrected chi connectivity index (χ4v) is 3.34. The van der Waals surface area contributed by atoms with Crippen molar-refractivity contribution in [2.75, 3.05) is 0 Å². The monoisotopic (exact) mass is 386 g/mol. The SMILES string of the molecule is [B]c1cccc(Cl)c1C(=O)n1nc(-c2ccc(C(=O)O)cc2)c2ccccc21. The Morgan fingerprint density at radius 3 is 2.36 bits per heavy atom. The number of carbonyl (C=O) groups is 2. The molecule has 0 saturated carbocycles. The third-order valence-electron chi connectivity index (χ3n) is 4.44. The minimum Gasteiger partial charge on any atom is -0.478 e. The van der Waals surface area contributed by atoms with E-state index in [4.69, 9.17) is 24.6 Å². The van der Waals surface area contributed by atoms with Crippen LogP contribution in [0.25, 0.3) is 22.2 Å². The zero-order chi connectivity index (χ0) is 19.8. The quantitative estimate of drug-likeness (QED) is 0.547. The van der Waals surface area contributed by atoms with Crippen molar-refractivity contribution in [3.05, 3.63) is 82.9 Å². The number of fused-ring (bicyclic) bond motifs is 1. The molecule has 0 spiro atoms. The number of carboxylic acid groups (broad SMARTS) is 1. The van der Waals surface area contributed by atoms with Gasteiger partial charge in [-0.1, -0.05) is 59.5 Å². The van der Waals surface area contributed by atoms with E-state index in [1.54, 1.807) is 42.5 Å². The highest BCUT2D eigenvalue weighted by molar-refractivity contribution is 6.42. The van der Waals surface area contributed by atoms with Gasteiger partial charge in [0, 0.05) is 10.9 Å². The van der Waals surface area contributed by atoms with E-state index in [0.29, 0.717) is 16.8 Å². The van der Waals surface area contributed by atoms with Crippen LogP contribution in [0.15, 0.2) is 66.7 Å². The molecule has 1 heterocycles. The first kappa shape index (κ1) is 18.0. The van der Waals surface area contributed by atoms with Crippen LogP contribution in [-0.2, 0) is 0 Å². The Balaban J connectivity index is 1.90. The molecule has 3 aromatic carbocycles. The first-order chi connectivity index (χ1) is 13.5. The van der Waals surface area contributed by atoms with E-state index < -0.39 is 11.9 Å². The molecule has 4 aromatic rings. The molecule has 1 N–H and O–H groups in total. The molecular weight excluding hydrogens is 375 g/mol. The lowest BCUT2D eigenvalue weighted by Gasteiger charge is -2.08. The van der Waals surface area contributed by atoms with Crippen molar-refractivity contribution in [2.45, 2.75) is 0 Å². The van der Waals surface area contributed by atoms with Crippen molar-refractivity contribution in [3.8, 4) is 11.3 Å².